The van der Waals surface area contributed by atoms with Crippen LogP contribution in [-0.2, 0) is 12.4 Å². The van der Waals surface area contributed by atoms with Crippen molar-refractivity contribution in [1.29, 1.82) is 0 Å². The molecule has 0 aromatic heterocycles. The third kappa shape index (κ3) is 5.94. The summed E-state index contributed by atoms with van der Waals surface area (Å²) < 4.78 is 82.2. The van der Waals surface area contributed by atoms with E-state index in [9.17, 15) is 35.9 Å². The molecule has 9 heteroatoms. The van der Waals surface area contributed by atoms with Crippen LogP contribution in [0.25, 0.3) is 22.3 Å². The molecular formula is C28H16F6O2S. The normalized spacial score (nSPS) is 11.8. The Morgan fingerprint density at radius 3 is 1.16 bits per heavy atom. The Morgan fingerprint density at radius 2 is 0.865 bits per heavy atom. The molecule has 0 aliphatic carbocycles. The lowest BCUT2D eigenvalue weighted by Gasteiger charge is -2.16. The maximum Gasteiger partial charge on any atom is 0.417 e. The van der Waals surface area contributed by atoms with Gasteiger partial charge in [-0.1, -0.05) is 60.3 Å². The molecule has 188 valence electrons. The van der Waals surface area contributed by atoms with Crippen LogP contribution in [-0.4, -0.2) is 12.6 Å². The quantitative estimate of drug-likeness (QED) is 0.185. The van der Waals surface area contributed by atoms with E-state index < -0.39 is 23.5 Å². The topological polar surface area (TPSA) is 34.1 Å². The Morgan fingerprint density at radius 1 is 0.514 bits per heavy atom. The molecule has 4 aromatic rings. The molecule has 37 heavy (non-hydrogen) atoms. The highest BCUT2D eigenvalue weighted by molar-refractivity contribution is 7.99. The number of alkyl halides is 6. The summed E-state index contributed by atoms with van der Waals surface area (Å²) in [7, 11) is 0. The zero-order valence-electron chi connectivity index (χ0n) is 18.7. The van der Waals surface area contributed by atoms with Gasteiger partial charge in [0.05, 0.1) is 11.1 Å². The van der Waals surface area contributed by atoms with Gasteiger partial charge in [0.25, 0.3) is 0 Å². The van der Waals surface area contributed by atoms with Crippen LogP contribution in [0.3, 0.4) is 0 Å². The minimum atomic E-state index is -4.64. The van der Waals surface area contributed by atoms with Crippen molar-refractivity contribution in [3.05, 3.63) is 107 Å². The second-order valence-electron chi connectivity index (χ2n) is 7.99. The fourth-order valence-corrected chi connectivity index (χ4v) is 4.66. The first kappa shape index (κ1) is 26.2. The molecule has 0 atom stereocenters. The molecule has 0 radical (unpaired) electrons. The number of benzene rings is 4. The fraction of sp³-hybridized carbons (Fsp3) is 0.0714. The molecule has 4 rings (SSSR count). The van der Waals surface area contributed by atoms with Crippen LogP contribution in [0.2, 0.25) is 0 Å². The Labute approximate surface area is 212 Å². The van der Waals surface area contributed by atoms with Crippen LogP contribution in [0.1, 0.15) is 31.8 Å². The van der Waals surface area contributed by atoms with Crippen molar-refractivity contribution < 1.29 is 35.9 Å². The predicted octanol–water partition coefficient (Wildman–Crippen LogP) is 8.83. The molecule has 0 aliphatic rings. The number of hydrogen-bond acceptors (Lipinski definition) is 3. The predicted molar refractivity (Wildman–Crippen MR) is 129 cm³/mol. The number of carbonyl (C=O) groups is 2. The van der Waals surface area contributed by atoms with E-state index in [4.69, 9.17) is 0 Å². The van der Waals surface area contributed by atoms with Gasteiger partial charge in [-0.25, -0.2) is 0 Å². The van der Waals surface area contributed by atoms with Crippen LogP contribution in [0.4, 0.5) is 26.3 Å². The van der Waals surface area contributed by atoms with Gasteiger partial charge in [0.1, 0.15) is 12.6 Å². The largest absolute Gasteiger partial charge is 0.417 e. The first-order chi connectivity index (χ1) is 17.5. The molecule has 0 saturated carbocycles. The minimum absolute atomic E-state index is 0.119. The Balaban J connectivity index is 1.77. The van der Waals surface area contributed by atoms with Crippen LogP contribution >= 0.6 is 11.8 Å². The van der Waals surface area contributed by atoms with Crippen molar-refractivity contribution in [1.82, 2.24) is 0 Å². The van der Waals surface area contributed by atoms with Crippen molar-refractivity contribution >= 4 is 24.3 Å². The molecule has 0 unspecified atom stereocenters. The van der Waals surface area contributed by atoms with E-state index in [1.165, 1.54) is 72.8 Å². The zero-order chi connectivity index (χ0) is 26.8. The van der Waals surface area contributed by atoms with Crippen molar-refractivity contribution in [3.8, 4) is 22.3 Å². The number of hydrogen-bond donors (Lipinski definition) is 0. The molecule has 0 saturated heterocycles. The summed E-state index contributed by atoms with van der Waals surface area (Å²) in [5.74, 6) is 0. The summed E-state index contributed by atoms with van der Waals surface area (Å²) in [4.78, 5) is 22.6. The molecular weight excluding hydrogens is 514 g/mol. The monoisotopic (exact) mass is 530 g/mol. The zero-order valence-corrected chi connectivity index (χ0v) is 19.5. The number of carbonyl (C=O) groups excluding carboxylic acids is 2. The molecule has 0 amide bonds. The summed E-state index contributed by atoms with van der Waals surface area (Å²) in [5.41, 5.74) is -0.897. The van der Waals surface area contributed by atoms with Crippen molar-refractivity contribution in [3.63, 3.8) is 0 Å². The van der Waals surface area contributed by atoms with Gasteiger partial charge in [-0.05, 0) is 58.7 Å². The van der Waals surface area contributed by atoms with E-state index in [-0.39, 0.29) is 22.3 Å². The second-order valence-corrected chi connectivity index (χ2v) is 9.14. The molecule has 0 aliphatic heterocycles. The summed E-state index contributed by atoms with van der Waals surface area (Å²) in [6.07, 6.45) is -8.13. The van der Waals surface area contributed by atoms with E-state index in [1.807, 2.05) is 0 Å². The van der Waals surface area contributed by atoms with Crippen molar-refractivity contribution in [2.75, 3.05) is 0 Å². The van der Waals surface area contributed by atoms with E-state index in [0.717, 1.165) is 23.9 Å². The highest BCUT2D eigenvalue weighted by Gasteiger charge is 2.35. The van der Waals surface area contributed by atoms with Gasteiger partial charge >= 0.3 is 12.4 Å². The highest BCUT2D eigenvalue weighted by Crippen LogP contribution is 2.43. The molecule has 0 heterocycles. The third-order valence-electron chi connectivity index (χ3n) is 5.54. The lowest BCUT2D eigenvalue weighted by Crippen LogP contribution is -2.07. The van der Waals surface area contributed by atoms with Gasteiger partial charge in [0.2, 0.25) is 0 Å². The smallest absolute Gasteiger partial charge is 0.298 e. The lowest BCUT2D eigenvalue weighted by molar-refractivity contribution is -0.137. The van der Waals surface area contributed by atoms with Crippen molar-refractivity contribution in [2.45, 2.75) is 22.1 Å². The molecule has 0 spiro atoms. The van der Waals surface area contributed by atoms with Crippen LogP contribution in [0.5, 0.6) is 0 Å². The summed E-state index contributed by atoms with van der Waals surface area (Å²) in [5, 5.41) is 0. The molecule has 0 N–H and O–H groups in total. The van der Waals surface area contributed by atoms with E-state index in [2.05, 4.69) is 0 Å². The summed E-state index contributed by atoms with van der Waals surface area (Å²) in [6, 6.07) is 18.2. The van der Waals surface area contributed by atoms with Gasteiger partial charge in [0, 0.05) is 20.9 Å². The van der Waals surface area contributed by atoms with Crippen LogP contribution in [0.15, 0.2) is 94.7 Å². The van der Waals surface area contributed by atoms with E-state index >= 15 is 0 Å². The number of aldehydes is 2. The summed E-state index contributed by atoms with van der Waals surface area (Å²) in [6.45, 7) is 0. The molecule has 2 nitrogen and oxygen atoms in total. The van der Waals surface area contributed by atoms with Gasteiger partial charge in [0.15, 0.2) is 0 Å². The average Bonchev–Trinajstić information content (AvgIpc) is 2.87. The van der Waals surface area contributed by atoms with Crippen molar-refractivity contribution in [2.24, 2.45) is 0 Å². The van der Waals surface area contributed by atoms with Crippen LogP contribution in [0, 0.1) is 0 Å². The average molecular weight is 530 g/mol. The first-order valence-corrected chi connectivity index (χ1v) is 11.5. The maximum absolute atomic E-state index is 13.7. The maximum atomic E-state index is 13.7. The second kappa shape index (κ2) is 10.3. The Kier molecular flexibility index (Phi) is 7.27. The SMILES string of the molecule is O=Cc1ccc(-c2cc(Sc3ccc(C(F)(F)F)c(-c4ccc(C=O)cc4)c3)ccc2C(F)(F)F)cc1. The van der Waals surface area contributed by atoms with Gasteiger partial charge < -0.3 is 0 Å². The minimum Gasteiger partial charge on any atom is -0.298 e. The number of rotatable bonds is 6. The summed E-state index contributed by atoms with van der Waals surface area (Å²) >= 11 is 1.01. The first-order valence-electron chi connectivity index (χ1n) is 10.7. The van der Waals surface area contributed by atoms with E-state index in [1.54, 1.807) is 0 Å². The van der Waals surface area contributed by atoms with Gasteiger partial charge in [-0.3, -0.25) is 9.59 Å². The fourth-order valence-electron chi connectivity index (χ4n) is 3.76. The Bertz CT molecular complexity index is 1330. The standard InChI is InChI=1S/C28H16F6O2S/c29-27(30,31)25-11-9-21(13-23(25)19-5-1-17(15-35)2-6-19)37-22-10-12-26(28(32,33)34)24(14-22)20-7-3-18(16-36)4-8-20/h1-16H. The number of halogens is 6. The van der Waals surface area contributed by atoms with Gasteiger partial charge in [-0.2, -0.15) is 26.3 Å². The molecule has 0 fully saturated rings. The van der Waals surface area contributed by atoms with Gasteiger partial charge in [-0.15, -0.1) is 0 Å². The Hall–Kier alpha value is -3.85. The molecule has 0 bridgehead atoms. The lowest BCUT2D eigenvalue weighted by atomic mass is 9.98. The van der Waals surface area contributed by atoms with Crippen LogP contribution < -0.4 is 0 Å². The third-order valence-corrected chi connectivity index (χ3v) is 6.52. The highest BCUT2D eigenvalue weighted by atomic mass is 32.2. The van der Waals surface area contributed by atoms with E-state index in [0.29, 0.717) is 33.5 Å². The molecule has 4 aromatic carbocycles.